The van der Waals surface area contributed by atoms with E-state index in [-0.39, 0.29) is 16.6 Å². The Balaban J connectivity index is 1.55. The number of nitrogens with zero attached hydrogens (tertiary/aromatic N) is 3. The number of hydrogen-bond acceptors (Lipinski definition) is 5. The molecule has 156 valence electrons. The number of amides is 1. The predicted octanol–water partition coefficient (Wildman–Crippen LogP) is 3.05. The summed E-state index contributed by atoms with van der Waals surface area (Å²) in [4.78, 5) is 21.2. The number of rotatable bonds is 3. The van der Waals surface area contributed by atoms with Gasteiger partial charge in [0.1, 0.15) is 11.3 Å². The Morgan fingerprint density at radius 1 is 1.03 bits per heavy atom. The van der Waals surface area contributed by atoms with E-state index in [4.69, 9.17) is 0 Å². The zero-order chi connectivity index (χ0) is 21.5. The van der Waals surface area contributed by atoms with Gasteiger partial charge in [-0.1, -0.05) is 18.2 Å². The van der Waals surface area contributed by atoms with Crippen molar-refractivity contribution < 1.29 is 17.6 Å². The standard InChI is InChI=1S/C22H22FN3O3S/c1-15-13-20(18-7-4-8-19(23)21(18)24-15)25-9-11-26(12-10-25)22(27)16-5-3-6-17(14-16)30(2,28)29/h3-8,13-14H,9-12H2,1-2H3. The number of anilines is 1. The molecule has 0 saturated carbocycles. The van der Waals surface area contributed by atoms with Gasteiger partial charge in [-0.3, -0.25) is 4.79 Å². The molecule has 1 amide bonds. The molecule has 6 nitrogen and oxygen atoms in total. The zero-order valence-corrected chi connectivity index (χ0v) is 17.6. The molecule has 1 aliphatic heterocycles. The van der Waals surface area contributed by atoms with Gasteiger partial charge in [-0.25, -0.2) is 17.8 Å². The average Bonchev–Trinajstić information content (AvgIpc) is 2.73. The quantitative estimate of drug-likeness (QED) is 0.643. The molecule has 0 N–H and O–H groups in total. The van der Waals surface area contributed by atoms with Crippen molar-refractivity contribution in [3.05, 3.63) is 65.6 Å². The Morgan fingerprint density at radius 3 is 2.43 bits per heavy atom. The van der Waals surface area contributed by atoms with Crippen LogP contribution in [0.4, 0.5) is 10.1 Å². The third-order valence-corrected chi connectivity index (χ3v) is 6.42. The summed E-state index contributed by atoms with van der Waals surface area (Å²) in [7, 11) is -3.38. The van der Waals surface area contributed by atoms with E-state index in [2.05, 4.69) is 9.88 Å². The Hall–Kier alpha value is -3.00. The smallest absolute Gasteiger partial charge is 0.254 e. The van der Waals surface area contributed by atoms with Crippen LogP contribution in [-0.2, 0) is 9.84 Å². The van der Waals surface area contributed by atoms with Crippen molar-refractivity contribution in [3.8, 4) is 0 Å². The molecule has 0 bridgehead atoms. The number of hydrogen-bond donors (Lipinski definition) is 0. The lowest BCUT2D eigenvalue weighted by atomic mass is 10.1. The fourth-order valence-electron chi connectivity index (χ4n) is 3.77. The first-order chi connectivity index (χ1) is 14.2. The molecule has 2 heterocycles. The summed E-state index contributed by atoms with van der Waals surface area (Å²) in [6, 6.07) is 13.0. The Bertz CT molecular complexity index is 1240. The lowest BCUT2D eigenvalue weighted by Gasteiger charge is -2.36. The van der Waals surface area contributed by atoms with Gasteiger partial charge < -0.3 is 9.80 Å². The normalized spacial score (nSPS) is 14.9. The Labute approximate surface area is 174 Å². The molecule has 1 saturated heterocycles. The molecule has 8 heteroatoms. The van der Waals surface area contributed by atoms with Crippen molar-refractivity contribution in [3.63, 3.8) is 0 Å². The van der Waals surface area contributed by atoms with E-state index < -0.39 is 9.84 Å². The van der Waals surface area contributed by atoms with Crippen LogP contribution in [0.1, 0.15) is 16.1 Å². The largest absolute Gasteiger partial charge is 0.367 e. The van der Waals surface area contributed by atoms with Crippen molar-refractivity contribution in [2.45, 2.75) is 11.8 Å². The molecule has 4 rings (SSSR count). The van der Waals surface area contributed by atoms with E-state index in [9.17, 15) is 17.6 Å². The first-order valence-corrected chi connectivity index (χ1v) is 11.5. The summed E-state index contributed by atoms with van der Waals surface area (Å²) in [5.41, 5.74) is 2.35. The molecular formula is C22H22FN3O3S. The van der Waals surface area contributed by atoms with Crippen molar-refractivity contribution >= 4 is 32.3 Å². The van der Waals surface area contributed by atoms with Gasteiger partial charge in [-0.15, -0.1) is 0 Å². The highest BCUT2D eigenvalue weighted by atomic mass is 32.2. The summed E-state index contributed by atoms with van der Waals surface area (Å²) in [6.45, 7) is 3.99. The second-order valence-electron chi connectivity index (χ2n) is 7.50. The summed E-state index contributed by atoms with van der Waals surface area (Å²) in [5.74, 6) is -0.543. The number of sulfone groups is 1. The number of halogens is 1. The third kappa shape index (κ3) is 3.87. The zero-order valence-electron chi connectivity index (χ0n) is 16.8. The molecule has 0 atom stereocenters. The number of aryl methyl sites for hydroxylation is 1. The second-order valence-corrected chi connectivity index (χ2v) is 9.51. The third-order valence-electron chi connectivity index (χ3n) is 5.31. The van der Waals surface area contributed by atoms with E-state index in [0.717, 1.165) is 23.0 Å². The summed E-state index contributed by atoms with van der Waals surface area (Å²) >= 11 is 0. The van der Waals surface area contributed by atoms with Crippen LogP contribution in [0.3, 0.4) is 0 Å². The van der Waals surface area contributed by atoms with E-state index in [1.165, 1.54) is 18.2 Å². The number of carbonyl (C=O) groups is 1. The Kier molecular flexibility index (Phi) is 5.19. The van der Waals surface area contributed by atoms with E-state index in [1.54, 1.807) is 23.1 Å². The van der Waals surface area contributed by atoms with Crippen molar-refractivity contribution in [2.75, 3.05) is 37.3 Å². The number of carbonyl (C=O) groups excluding carboxylic acids is 1. The fourth-order valence-corrected chi connectivity index (χ4v) is 4.44. The van der Waals surface area contributed by atoms with Crippen LogP contribution in [0.2, 0.25) is 0 Å². The van der Waals surface area contributed by atoms with Crippen LogP contribution in [-0.4, -0.2) is 56.6 Å². The molecule has 0 aliphatic carbocycles. The number of benzene rings is 2. The first-order valence-electron chi connectivity index (χ1n) is 9.64. The molecule has 0 spiro atoms. The maximum absolute atomic E-state index is 14.2. The molecular weight excluding hydrogens is 405 g/mol. The minimum atomic E-state index is -3.38. The van der Waals surface area contributed by atoms with Crippen LogP contribution >= 0.6 is 0 Å². The van der Waals surface area contributed by atoms with Gasteiger partial charge in [0.2, 0.25) is 0 Å². The van der Waals surface area contributed by atoms with Crippen LogP contribution in [0.25, 0.3) is 10.9 Å². The van der Waals surface area contributed by atoms with E-state index >= 15 is 0 Å². The van der Waals surface area contributed by atoms with Crippen LogP contribution < -0.4 is 4.90 Å². The maximum atomic E-state index is 14.2. The van der Waals surface area contributed by atoms with Gasteiger partial charge in [0, 0.05) is 54.8 Å². The summed E-state index contributed by atoms with van der Waals surface area (Å²) < 4.78 is 37.8. The van der Waals surface area contributed by atoms with E-state index in [1.807, 2.05) is 19.1 Å². The van der Waals surface area contributed by atoms with Gasteiger partial charge in [-0.2, -0.15) is 0 Å². The van der Waals surface area contributed by atoms with Crippen molar-refractivity contribution in [1.82, 2.24) is 9.88 Å². The van der Waals surface area contributed by atoms with Crippen molar-refractivity contribution in [2.24, 2.45) is 0 Å². The summed E-state index contributed by atoms with van der Waals surface area (Å²) in [6.07, 6.45) is 1.12. The highest BCUT2D eigenvalue weighted by molar-refractivity contribution is 7.90. The van der Waals surface area contributed by atoms with Crippen LogP contribution in [0, 0.1) is 12.7 Å². The van der Waals surface area contributed by atoms with Crippen molar-refractivity contribution in [1.29, 1.82) is 0 Å². The van der Waals surface area contributed by atoms with Crippen LogP contribution in [0.15, 0.2) is 53.4 Å². The number of piperazine rings is 1. The molecule has 1 aromatic heterocycles. The first kappa shape index (κ1) is 20.3. The second kappa shape index (κ2) is 7.68. The Morgan fingerprint density at radius 2 is 1.73 bits per heavy atom. The number of para-hydroxylation sites is 1. The number of pyridine rings is 1. The van der Waals surface area contributed by atoms with Gasteiger partial charge in [0.15, 0.2) is 9.84 Å². The topological polar surface area (TPSA) is 70.6 Å². The molecule has 0 radical (unpaired) electrons. The highest BCUT2D eigenvalue weighted by Gasteiger charge is 2.24. The SMILES string of the molecule is Cc1cc(N2CCN(C(=O)c3cccc(S(C)(=O)=O)c3)CC2)c2cccc(F)c2n1. The van der Waals surface area contributed by atoms with Gasteiger partial charge in [-0.05, 0) is 37.3 Å². The molecule has 30 heavy (non-hydrogen) atoms. The highest BCUT2D eigenvalue weighted by Crippen LogP contribution is 2.29. The van der Waals surface area contributed by atoms with Gasteiger partial charge in [0.05, 0.1) is 4.90 Å². The number of aromatic nitrogens is 1. The van der Waals surface area contributed by atoms with Gasteiger partial charge in [0.25, 0.3) is 5.91 Å². The molecule has 1 aliphatic rings. The molecule has 3 aromatic rings. The molecule has 2 aromatic carbocycles. The van der Waals surface area contributed by atoms with E-state index in [0.29, 0.717) is 37.3 Å². The predicted molar refractivity (Wildman–Crippen MR) is 114 cm³/mol. The molecule has 0 unspecified atom stereocenters. The van der Waals surface area contributed by atoms with Gasteiger partial charge >= 0.3 is 0 Å². The van der Waals surface area contributed by atoms with Crippen LogP contribution in [0.5, 0.6) is 0 Å². The minimum absolute atomic E-state index is 0.132. The monoisotopic (exact) mass is 427 g/mol. The summed E-state index contributed by atoms with van der Waals surface area (Å²) in [5, 5.41) is 0.751. The minimum Gasteiger partial charge on any atom is -0.367 e. The fraction of sp³-hybridized carbons (Fsp3) is 0.273. The number of fused-ring (bicyclic) bond motifs is 1. The maximum Gasteiger partial charge on any atom is 0.254 e. The molecule has 1 fully saturated rings. The lowest BCUT2D eigenvalue weighted by Crippen LogP contribution is -2.48. The lowest BCUT2D eigenvalue weighted by molar-refractivity contribution is 0.0746. The average molecular weight is 428 g/mol.